The molecule has 0 saturated carbocycles. The Morgan fingerprint density at radius 3 is 2.48 bits per heavy atom. The number of rotatable bonds is 6. The molecule has 0 saturated heterocycles. The van der Waals surface area contributed by atoms with E-state index in [1.807, 2.05) is 6.07 Å². The van der Waals surface area contributed by atoms with Gasteiger partial charge in [-0.1, -0.05) is 42.5 Å². The van der Waals surface area contributed by atoms with E-state index in [4.69, 9.17) is 0 Å². The Labute approximate surface area is 146 Å². The van der Waals surface area contributed by atoms with E-state index in [0.717, 1.165) is 0 Å². The van der Waals surface area contributed by atoms with E-state index in [2.05, 4.69) is 11.9 Å². The van der Waals surface area contributed by atoms with Crippen LogP contribution in [0.5, 0.6) is 0 Å². The summed E-state index contributed by atoms with van der Waals surface area (Å²) in [6.07, 6.45) is 3.12. The highest BCUT2D eigenvalue weighted by molar-refractivity contribution is 7.91. The van der Waals surface area contributed by atoms with E-state index >= 15 is 0 Å². The second-order valence-corrected chi connectivity index (χ2v) is 7.47. The molecule has 25 heavy (non-hydrogen) atoms. The van der Waals surface area contributed by atoms with Gasteiger partial charge in [0.1, 0.15) is 6.54 Å². The zero-order valence-electron chi connectivity index (χ0n) is 13.6. The number of nitrogens with one attached hydrogen (secondary N) is 1. The van der Waals surface area contributed by atoms with E-state index in [1.54, 1.807) is 59.2 Å². The third-order valence-electron chi connectivity index (χ3n) is 3.85. The predicted octanol–water partition coefficient (Wildman–Crippen LogP) is 2.78. The molecular weight excluding hydrogens is 336 g/mol. The second kappa shape index (κ2) is 6.94. The molecule has 1 amide bonds. The van der Waals surface area contributed by atoms with Gasteiger partial charge in [0.05, 0.1) is 9.79 Å². The fraction of sp³-hybridized carbons (Fsp3) is 0.105. The van der Waals surface area contributed by atoms with Gasteiger partial charge in [0.2, 0.25) is 15.7 Å². The quantitative estimate of drug-likeness (QED) is 0.692. The van der Waals surface area contributed by atoms with Gasteiger partial charge in [-0.3, -0.25) is 4.79 Å². The van der Waals surface area contributed by atoms with Crippen LogP contribution in [0.4, 0.5) is 0 Å². The number of carbonyl (C=O) groups excluding carboxylic acids is 1. The van der Waals surface area contributed by atoms with Crippen LogP contribution in [0.25, 0.3) is 10.9 Å². The maximum atomic E-state index is 13.0. The molecule has 3 rings (SSSR count). The average molecular weight is 354 g/mol. The van der Waals surface area contributed by atoms with Crippen LogP contribution in [0.1, 0.15) is 0 Å². The van der Waals surface area contributed by atoms with E-state index in [1.165, 1.54) is 6.20 Å². The molecule has 0 aliphatic rings. The molecule has 0 atom stereocenters. The van der Waals surface area contributed by atoms with Crippen molar-refractivity contribution in [3.63, 3.8) is 0 Å². The molecule has 2 aromatic carbocycles. The van der Waals surface area contributed by atoms with Crippen molar-refractivity contribution in [3.8, 4) is 0 Å². The van der Waals surface area contributed by atoms with Crippen molar-refractivity contribution in [2.24, 2.45) is 0 Å². The van der Waals surface area contributed by atoms with Crippen LogP contribution in [0.2, 0.25) is 0 Å². The standard InChI is InChI=1S/C19H18N2O3S/c1-2-12-20-19(22)14-21-13-18(16-10-6-7-11-17(16)21)25(23,24)15-8-4-3-5-9-15/h2-11,13H,1,12,14H2,(H,20,22). The van der Waals surface area contributed by atoms with Gasteiger partial charge in [0.25, 0.3) is 0 Å². The summed E-state index contributed by atoms with van der Waals surface area (Å²) in [6, 6.07) is 15.4. The van der Waals surface area contributed by atoms with Crippen molar-refractivity contribution in [1.82, 2.24) is 9.88 Å². The highest BCUT2D eigenvalue weighted by Gasteiger charge is 2.23. The fourth-order valence-electron chi connectivity index (χ4n) is 2.68. The molecule has 0 bridgehead atoms. The van der Waals surface area contributed by atoms with Crippen LogP contribution in [-0.4, -0.2) is 25.4 Å². The minimum atomic E-state index is -3.67. The monoisotopic (exact) mass is 354 g/mol. The molecular formula is C19H18N2O3S. The van der Waals surface area contributed by atoms with Crippen LogP contribution in [0.3, 0.4) is 0 Å². The SMILES string of the molecule is C=CCNC(=O)Cn1cc(S(=O)(=O)c2ccccc2)c2ccccc21. The summed E-state index contributed by atoms with van der Waals surface area (Å²) < 4.78 is 27.6. The van der Waals surface area contributed by atoms with Gasteiger partial charge in [-0.25, -0.2) is 8.42 Å². The number of para-hydroxylation sites is 1. The van der Waals surface area contributed by atoms with E-state index in [-0.39, 0.29) is 22.2 Å². The molecule has 0 radical (unpaired) electrons. The minimum Gasteiger partial charge on any atom is -0.351 e. The Hall–Kier alpha value is -2.86. The van der Waals surface area contributed by atoms with Crippen molar-refractivity contribution in [1.29, 1.82) is 0 Å². The molecule has 0 unspecified atom stereocenters. The number of fused-ring (bicyclic) bond motifs is 1. The molecule has 5 nitrogen and oxygen atoms in total. The van der Waals surface area contributed by atoms with E-state index in [0.29, 0.717) is 17.4 Å². The smallest absolute Gasteiger partial charge is 0.240 e. The molecule has 1 N–H and O–H groups in total. The number of amides is 1. The number of aromatic nitrogens is 1. The van der Waals surface area contributed by atoms with Crippen molar-refractivity contribution in [2.45, 2.75) is 16.3 Å². The summed E-state index contributed by atoms with van der Waals surface area (Å²) in [4.78, 5) is 12.4. The van der Waals surface area contributed by atoms with Gasteiger partial charge in [0, 0.05) is 23.6 Å². The molecule has 0 aliphatic carbocycles. The number of nitrogens with zero attached hydrogens (tertiary/aromatic N) is 1. The lowest BCUT2D eigenvalue weighted by atomic mass is 10.2. The molecule has 128 valence electrons. The summed E-state index contributed by atoms with van der Waals surface area (Å²) >= 11 is 0. The highest BCUT2D eigenvalue weighted by atomic mass is 32.2. The Balaban J connectivity index is 2.08. The molecule has 1 heterocycles. The molecule has 1 aromatic heterocycles. The lowest BCUT2D eigenvalue weighted by molar-refractivity contribution is -0.121. The van der Waals surface area contributed by atoms with Gasteiger partial charge in [0.15, 0.2) is 0 Å². The molecule has 0 aliphatic heterocycles. The van der Waals surface area contributed by atoms with E-state index < -0.39 is 9.84 Å². The number of hydrogen-bond acceptors (Lipinski definition) is 3. The predicted molar refractivity (Wildman–Crippen MR) is 97.0 cm³/mol. The first-order valence-corrected chi connectivity index (χ1v) is 9.28. The second-order valence-electron chi connectivity index (χ2n) is 5.55. The van der Waals surface area contributed by atoms with E-state index in [9.17, 15) is 13.2 Å². The first-order valence-electron chi connectivity index (χ1n) is 7.79. The number of sulfone groups is 1. The van der Waals surface area contributed by atoms with Crippen molar-refractivity contribution in [3.05, 3.63) is 73.4 Å². The summed E-state index contributed by atoms with van der Waals surface area (Å²) in [5.41, 5.74) is 0.700. The Morgan fingerprint density at radius 1 is 1.08 bits per heavy atom. The van der Waals surface area contributed by atoms with Gasteiger partial charge in [-0.05, 0) is 18.2 Å². The van der Waals surface area contributed by atoms with Gasteiger partial charge in [-0.15, -0.1) is 6.58 Å². The van der Waals surface area contributed by atoms with Crippen LogP contribution in [-0.2, 0) is 21.2 Å². The van der Waals surface area contributed by atoms with Crippen molar-refractivity contribution in [2.75, 3.05) is 6.54 Å². The third-order valence-corrected chi connectivity index (χ3v) is 5.65. The maximum Gasteiger partial charge on any atom is 0.240 e. The summed E-state index contributed by atoms with van der Waals surface area (Å²) in [6.45, 7) is 3.97. The van der Waals surface area contributed by atoms with Crippen LogP contribution < -0.4 is 5.32 Å². The fourth-order valence-corrected chi connectivity index (χ4v) is 4.18. The zero-order valence-corrected chi connectivity index (χ0v) is 14.4. The van der Waals surface area contributed by atoms with Gasteiger partial charge < -0.3 is 9.88 Å². The first-order chi connectivity index (χ1) is 12.0. The third kappa shape index (κ3) is 3.34. The minimum absolute atomic E-state index is 0.0403. The normalized spacial score (nSPS) is 11.4. The Kier molecular flexibility index (Phi) is 4.72. The Morgan fingerprint density at radius 2 is 1.76 bits per heavy atom. The number of benzene rings is 2. The van der Waals surface area contributed by atoms with Crippen molar-refractivity contribution < 1.29 is 13.2 Å². The number of carbonyl (C=O) groups is 1. The molecule has 0 fully saturated rings. The van der Waals surface area contributed by atoms with Crippen molar-refractivity contribution >= 4 is 26.6 Å². The molecule has 3 aromatic rings. The lowest BCUT2D eigenvalue weighted by Gasteiger charge is -2.05. The largest absolute Gasteiger partial charge is 0.351 e. The van der Waals surface area contributed by atoms with Crippen LogP contribution in [0, 0.1) is 0 Å². The summed E-state index contributed by atoms with van der Waals surface area (Å²) in [7, 11) is -3.67. The Bertz CT molecular complexity index is 1020. The first kappa shape index (κ1) is 17.0. The highest BCUT2D eigenvalue weighted by Crippen LogP contribution is 2.30. The molecule has 0 spiro atoms. The van der Waals surface area contributed by atoms with Crippen LogP contribution in [0.15, 0.2) is 83.2 Å². The zero-order chi connectivity index (χ0) is 17.9. The van der Waals surface area contributed by atoms with Gasteiger partial charge in [-0.2, -0.15) is 0 Å². The summed E-state index contributed by atoms with van der Waals surface area (Å²) in [5, 5.41) is 3.30. The lowest BCUT2D eigenvalue weighted by Crippen LogP contribution is -2.27. The maximum absolute atomic E-state index is 13.0. The topological polar surface area (TPSA) is 68.2 Å². The van der Waals surface area contributed by atoms with Gasteiger partial charge >= 0.3 is 0 Å². The average Bonchev–Trinajstić information content (AvgIpc) is 3.00. The van der Waals surface area contributed by atoms with Crippen LogP contribution >= 0.6 is 0 Å². The number of hydrogen-bond donors (Lipinski definition) is 1. The molecule has 6 heteroatoms. The summed E-state index contributed by atoms with van der Waals surface area (Å²) in [5.74, 6) is -0.204.